The number of pyridine rings is 1. The first-order valence-corrected chi connectivity index (χ1v) is 7.17. The van der Waals surface area contributed by atoms with Crippen LogP contribution in [0, 0.1) is 6.92 Å². The van der Waals surface area contributed by atoms with Gasteiger partial charge in [0.05, 0.1) is 5.69 Å². The van der Waals surface area contributed by atoms with Crippen LogP contribution >= 0.6 is 0 Å². The van der Waals surface area contributed by atoms with Crippen LogP contribution in [0.3, 0.4) is 0 Å². The fourth-order valence-electron chi connectivity index (χ4n) is 3.00. The predicted octanol–water partition coefficient (Wildman–Crippen LogP) is 4.96. The number of rotatable bonds is 1. The van der Waals surface area contributed by atoms with Crippen molar-refractivity contribution in [1.29, 1.82) is 0 Å². The van der Waals surface area contributed by atoms with Gasteiger partial charge in [-0.15, -0.1) is 0 Å². The highest BCUT2D eigenvalue weighted by Crippen LogP contribution is 2.44. The topological polar surface area (TPSA) is 12.9 Å². The van der Waals surface area contributed by atoms with Gasteiger partial charge < -0.3 is 0 Å². The van der Waals surface area contributed by atoms with Crippen LogP contribution in [-0.4, -0.2) is 4.98 Å². The Labute approximate surface area is 124 Å². The molecule has 0 bridgehead atoms. The van der Waals surface area contributed by atoms with E-state index < -0.39 is 0 Å². The summed E-state index contributed by atoms with van der Waals surface area (Å²) in [6, 6.07) is 23.3. The first-order valence-electron chi connectivity index (χ1n) is 7.17. The Bertz CT molecular complexity index is 811. The molecule has 0 N–H and O–H groups in total. The van der Waals surface area contributed by atoms with Crippen LogP contribution < -0.4 is 0 Å². The summed E-state index contributed by atoms with van der Waals surface area (Å²) in [4.78, 5) is 4.61. The van der Waals surface area contributed by atoms with E-state index in [1.165, 1.54) is 27.8 Å². The molecule has 0 atom stereocenters. The van der Waals surface area contributed by atoms with Gasteiger partial charge in [-0.3, -0.25) is 4.98 Å². The average Bonchev–Trinajstić information content (AvgIpc) is 2.83. The molecule has 0 amide bonds. The summed E-state index contributed by atoms with van der Waals surface area (Å²) in [6.45, 7) is 2.03. The number of fused-ring (bicyclic) bond motifs is 3. The minimum atomic E-state index is 1.01. The number of aromatic nitrogens is 1. The van der Waals surface area contributed by atoms with Gasteiger partial charge in [0.15, 0.2) is 0 Å². The molecule has 0 spiro atoms. The van der Waals surface area contributed by atoms with Gasteiger partial charge in [-0.05, 0) is 53.0 Å². The number of nitrogens with zero attached hydrogens (tertiary/aromatic N) is 1. The molecule has 1 heteroatoms. The van der Waals surface area contributed by atoms with Crippen molar-refractivity contribution in [3.8, 4) is 11.1 Å². The summed E-state index contributed by atoms with van der Waals surface area (Å²) in [7, 11) is 0. The summed E-state index contributed by atoms with van der Waals surface area (Å²) >= 11 is 0. The van der Waals surface area contributed by atoms with Crippen molar-refractivity contribution in [2.45, 2.75) is 6.92 Å². The Kier molecular flexibility index (Phi) is 2.71. The molecule has 100 valence electrons. The second kappa shape index (κ2) is 4.71. The molecule has 21 heavy (non-hydrogen) atoms. The second-order valence-electron chi connectivity index (χ2n) is 5.35. The van der Waals surface area contributed by atoms with E-state index in [9.17, 15) is 0 Å². The number of aryl methyl sites for hydroxylation is 1. The molecule has 1 aliphatic carbocycles. The van der Waals surface area contributed by atoms with Gasteiger partial charge in [-0.25, -0.2) is 0 Å². The molecular formula is C20H15N. The van der Waals surface area contributed by atoms with E-state index in [0.29, 0.717) is 0 Å². The van der Waals surface area contributed by atoms with Crippen molar-refractivity contribution in [2.75, 3.05) is 0 Å². The maximum Gasteiger partial charge on any atom is 0.0639 e. The Morgan fingerprint density at radius 1 is 0.667 bits per heavy atom. The molecule has 0 saturated heterocycles. The molecule has 1 aliphatic rings. The van der Waals surface area contributed by atoms with Gasteiger partial charge in [0, 0.05) is 5.69 Å². The van der Waals surface area contributed by atoms with Crippen molar-refractivity contribution in [2.24, 2.45) is 0 Å². The minimum Gasteiger partial charge on any atom is -0.254 e. The van der Waals surface area contributed by atoms with E-state index in [0.717, 1.165) is 11.4 Å². The third-order valence-electron chi connectivity index (χ3n) is 3.93. The largest absolute Gasteiger partial charge is 0.254 e. The fraction of sp³-hybridized carbons (Fsp3) is 0.0500. The van der Waals surface area contributed by atoms with Crippen LogP contribution in [0.5, 0.6) is 0 Å². The van der Waals surface area contributed by atoms with Crippen LogP contribution in [-0.2, 0) is 0 Å². The van der Waals surface area contributed by atoms with Crippen LogP contribution in [0.4, 0.5) is 0 Å². The first-order chi connectivity index (χ1) is 10.3. The molecule has 1 nitrogen and oxygen atoms in total. The zero-order valence-corrected chi connectivity index (χ0v) is 11.9. The molecule has 0 unspecified atom stereocenters. The van der Waals surface area contributed by atoms with Gasteiger partial charge in [0.2, 0.25) is 0 Å². The van der Waals surface area contributed by atoms with Gasteiger partial charge >= 0.3 is 0 Å². The van der Waals surface area contributed by atoms with Crippen LogP contribution in [0.25, 0.3) is 22.8 Å². The van der Waals surface area contributed by atoms with Gasteiger partial charge in [-0.1, -0.05) is 54.6 Å². The number of benzene rings is 2. The molecular weight excluding hydrogens is 254 g/mol. The molecule has 0 saturated carbocycles. The summed E-state index contributed by atoms with van der Waals surface area (Å²) in [5.41, 5.74) is 8.53. The standard InChI is InChI=1S/C20H15N/c1-14-7-6-8-15(21-14)13-20-18-11-4-2-9-16(18)17-10-3-5-12-19(17)20/h2-13H,1H3. The molecule has 1 aromatic heterocycles. The lowest BCUT2D eigenvalue weighted by atomic mass is 10.0. The Morgan fingerprint density at radius 3 is 1.81 bits per heavy atom. The minimum absolute atomic E-state index is 1.01. The molecule has 4 rings (SSSR count). The number of hydrogen-bond acceptors (Lipinski definition) is 1. The Balaban J connectivity index is 1.97. The second-order valence-corrected chi connectivity index (χ2v) is 5.35. The Morgan fingerprint density at radius 2 is 1.24 bits per heavy atom. The fourth-order valence-corrected chi connectivity index (χ4v) is 3.00. The summed E-state index contributed by atoms with van der Waals surface area (Å²) < 4.78 is 0. The maximum atomic E-state index is 4.61. The van der Waals surface area contributed by atoms with Gasteiger partial charge in [0.1, 0.15) is 0 Å². The quantitative estimate of drug-likeness (QED) is 0.476. The lowest BCUT2D eigenvalue weighted by molar-refractivity contribution is 1.18. The van der Waals surface area contributed by atoms with Crippen LogP contribution in [0.1, 0.15) is 22.5 Å². The predicted molar refractivity (Wildman–Crippen MR) is 87.8 cm³/mol. The van der Waals surface area contributed by atoms with Crippen LogP contribution in [0.2, 0.25) is 0 Å². The van der Waals surface area contributed by atoms with Gasteiger partial charge in [0.25, 0.3) is 0 Å². The zero-order valence-electron chi connectivity index (χ0n) is 11.9. The average molecular weight is 269 g/mol. The zero-order chi connectivity index (χ0) is 14.2. The molecule has 1 heterocycles. The third-order valence-corrected chi connectivity index (χ3v) is 3.93. The summed E-state index contributed by atoms with van der Waals surface area (Å²) in [5, 5.41) is 0. The van der Waals surface area contributed by atoms with Gasteiger partial charge in [-0.2, -0.15) is 0 Å². The van der Waals surface area contributed by atoms with Crippen molar-refractivity contribution in [1.82, 2.24) is 4.98 Å². The van der Waals surface area contributed by atoms with E-state index in [4.69, 9.17) is 0 Å². The van der Waals surface area contributed by atoms with Crippen molar-refractivity contribution in [3.05, 3.63) is 89.2 Å². The Hall–Kier alpha value is -2.67. The van der Waals surface area contributed by atoms with Crippen molar-refractivity contribution < 1.29 is 0 Å². The highest BCUT2D eigenvalue weighted by molar-refractivity contribution is 6.06. The number of hydrogen-bond donors (Lipinski definition) is 0. The first kappa shape index (κ1) is 12.1. The molecule has 2 aromatic carbocycles. The summed E-state index contributed by atoms with van der Waals surface area (Å²) in [5.74, 6) is 0. The third kappa shape index (κ3) is 1.98. The normalized spacial score (nSPS) is 12.0. The van der Waals surface area contributed by atoms with Crippen molar-refractivity contribution >= 4 is 11.6 Å². The van der Waals surface area contributed by atoms with E-state index in [1.54, 1.807) is 0 Å². The lowest BCUT2D eigenvalue weighted by Crippen LogP contribution is -1.87. The van der Waals surface area contributed by atoms with E-state index in [-0.39, 0.29) is 0 Å². The van der Waals surface area contributed by atoms with E-state index in [1.807, 2.05) is 13.0 Å². The van der Waals surface area contributed by atoms with Crippen LogP contribution in [0.15, 0.2) is 66.7 Å². The van der Waals surface area contributed by atoms with E-state index in [2.05, 4.69) is 71.7 Å². The highest BCUT2D eigenvalue weighted by atomic mass is 14.7. The highest BCUT2D eigenvalue weighted by Gasteiger charge is 2.22. The molecule has 0 fully saturated rings. The lowest BCUT2D eigenvalue weighted by Gasteiger charge is -2.03. The smallest absolute Gasteiger partial charge is 0.0639 e. The monoisotopic (exact) mass is 269 g/mol. The van der Waals surface area contributed by atoms with Crippen molar-refractivity contribution in [3.63, 3.8) is 0 Å². The molecule has 0 radical (unpaired) electrons. The SMILES string of the molecule is Cc1cccc(C=C2c3ccccc3-c3ccccc32)n1. The maximum absolute atomic E-state index is 4.61. The van der Waals surface area contributed by atoms with E-state index >= 15 is 0 Å². The molecule has 0 aliphatic heterocycles. The molecule has 3 aromatic rings. The summed E-state index contributed by atoms with van der Waals surface area (Å²) in [6.07, 6.45) is 2.19.